The summed E-state index contributed by atoms with van der Waals surface area (Å²) in [5, 5.41) is 11.0. The second-order valence-corrected chi connectivity index (χ2v) is 7.12. The molecule has 1 amide bonds. The largest absolute Gasteiger partial charge is 0.508 e. The second kappa shape index (κ2) is 6.84. The summed E-state index contributed by atoms with van der Waals surface area (Å²) >= 11 is 2.25. The molecule has 1 aromatic heterocycles. The van der Waals surface area contributed by atoms with E-state index in [1.54, 1.807) is 31.1 Å². The van der Waals surface area contributed by atoms with Crippen molar-refractivity contribution in [3.05, 3.63) is 65.9 Å². The van der Waals surface area contributed by atoms with Gasteiger partial charge in [0.15, 0.2) is 0 Å². The van der Waals surface area contributed by atoms with Gasteiger partial charge >= 0.3 is 0 Å². The van der Waals surface area contributed by atoms with Crippen LogP contribution >= 0.6 is 22.9 Å². The summed E-state index contributed by atoms with van der Waals surface area (Å²) in [4.78, 5) is 13.9. The van der Waals surface area contributed by atoms with Crippen LogP contribution in [0.1, 0.15) is 23.5 Å². The molecule has 2 aromatic carbocycles. The molecule has 1 atom stereocenters. The Morgan fingerprint density at radius 3 is 2.62 bits per heavy atom. The minimum atomic E-state index is -0.0947. The van der Waals surface area contributed by atoms with Gasteiger partial charge in [-0.1, -0.05) is 24.3 Å². The molecule has 5 heteroatoms. The number of phenols is 1. The van der Waals surface area contributed by atoms with E-state index in [1.807, 2.05) is 21.1 Å². The summed E-state index contributed by atoms with van der Waals surface area (Å²) < 4.78 is 2.05. The van der Waals surface area contributed by atoms with Crippen molar-refractivity contribution in [2.75, 3.05) is 14.1 Å². The summed E-state index contributed by atoms with van der Waals surface area (Å²) in [7, 11) is 3.53. The summed E-state index contributed by atoms with van der Waals surface area (Å²) in [6.45, 7) is 0. The average molecular weight is 434 g/mol. The Morgan fingerprint density at radius 1 is 1.17 bits per heavy atom. The molecule has 0 aliphatic carbocycles. The van der Waals surface area contributed by atoms with Crippen molar-refractivity contribution in [3.8, 4) is 5.75 Å². The van der Waals surface area contributed by atoms with Gasteiger partial charge in [-0.25, -0.2) is 0 Å². The molecule has 3 rings (SSSR count). The first-order valence-corrected chi connectivity index (χ1v) is 8.68. The van der Waals surface area contributed by atoms with Crippen LogP contribution in [0.5, 0.6) is 5.75 Å². The van der Waals surface area contributed by atoms with Gasteiger partial charge in [0.2, 0.25) is 5.91 Å². The highest BCUT2D eigenvalue weighted by Crippen LogP contribution is 2.33. The molecule has 0 aliphatic heterocycles. The number of rotatable bonds is 4. The van der Waals surface area contributed by atoms with E-state index in [0.29, 0.717) is 6.42 Å². The average Bonchev–Trinajstić information content (AvgIpc) is 2.93. The minimum absolute atomic E-state index is 0.0632. The van der Waals surface area contributed by atoms with E-state index in [2.05, 4.69) is 47.1 Å². The van der Waals surface area contributed by atoms with Gasteiger partial charge in [0.05, 0.1) is 28.4 Å². The van der Waals surface area contributed by atoms with E-state index in [0.717, 1.165) is 16.6 Å². The number of phenolic OH excluding ortho intramolecular Hbond substituents is 1. The van der Waals surface area contributed by atoms with Crippen LogP contribution in [0.15, 0.2) is 54.7 Å². The van der Waals surface area contributed by atoms with Gasteiger partial charge in [0.1, 0.15) is 5.75 Å². The number of hydrogen-bond donors (Lipinski definition) is 1. The quantitative estimate of drug-likeness (QED) is 0.628. The van der Waals surface area contributed by atoms with Crippen LogP contribution in [0.4, 0.5) is 0 Å². The van der Waals surface area contributed by atoms with E-state index < -0.39 is 0 Å². The predicted molar refractivity (Wildman–Crippen MR) is 105 cm³/mol. The van der Waals surface area contributed by atoms with Crippen LogP contribution in [0.25, 0.3) is 10.9 Å². The van der Waals surface area contributed by atoms with Crippen molar-refractivity contribution in [1.82, 2.24) is 7.68 Å². The summed E-state index contributed by atoms with van der Waals surface area (Å²) in [6.07, 6.45) is 2.38. The van der Waals surface area contributed by atoms with Crippen molar-refractivity contribution in [2.24, 2.45) is 0 Å². The van der Waals surface area contributed by atoms with Crippen LogP contribution in [0.3, 0.4) is 0 Å². The van der Waals surface area contributed by atoms with Gasteiger partial charge in [-0.05, 0) is 35.4 Å². The molecule has 3 aromatic rings. The summed E-state index contributed by atoms with van der Waals surface area (Å²) in [5.41, 5.74) is 3.13. The fraction of sp³-hybridized carbons (Fsp3) is 0.211. The smallest absolute Gasteiger partial charge is 0.223 e. The Hall–Kier alpha value is -2.02. The van der Waals surface area contributed by atoms with E-state index in [9.17, 15) is 9.90 Å². The highest BCUT2D eigenvalue weighted by molar-refractivity contribution is 14.1. The molecule has 4 nitrogen and oxygen atoms in total. The number of benzene rings is 2. The number of carbonyl (C=O) groups is 1. The lowest BCUT2D eigenvalue weighted by Gasteiger charge is -2.20. The molecule has 0 saturated heterocycles. The monoisotopic (exact) mass is 434 g/mol. The molecular weight excluding hydrogens is 415 g/mol. The Kier molecular flexibility index (Phi) is 4.80. The van der Waals surface area contributed by atoms with E-state index >= 15 is 0 Å². The van der Waals surface area contributed by atoms with Crippen molar-refractivity contribution in [3.63, 3.8) is 0 Å². The molecule has 0 saturated carbocycles. The zero-order valence-electron chi connectivity index (χ0n) is 13.6. The first kappa shape index (κ1) is 16.8. The third-order valence-corrected chi connectivity index (χ3v) is 5.06. The van der Waals surface area contributed by atoms with Gasteiger partial charge in [-0.2, -0.15) is 0 Å². The lowest BCUT2D eigenvalue weighted by Crippen LogP contribution is -2.24. The first-order chi connectivity index (χ1) is 11.5. The lowest BCUT2D eigenvalue weighted by molar-refractivity contribution is -0.128. The standard InChI is InChI=1S/C19H19IN2O2/c1-21(2)19(24)12-17(14-4-3-5-16(23)10-14)15-7-6-13-8-9-22(20)18(13)11-15/h3-11,17,23H,12H2,1-2H3. The van der Waals surface area contributed by atoms with Gasteiger partial charge in [-0.15, -0.1) is 0 Å². The topological polar surface area (TPSA) is 45.5 Å². The van der Waals surface area contributed by atoms with Crippen LogP contribution in [0, 0.1) is 0 Å². The molecular formula is C19H19IN2O2. The van der Waals surface area contributed by atoms with E-state index in [4.69, 9.17) is 0 Å². The number of fused-ring (bicyclic) bond motifs is 1. The maximum absolute atomic E-state index is 12.3. The molecule has 0 spiro atoms. The van der Waals surface area contributed by atoms with E-state index in [1.165, 1.54) is 5.39 Å². The third-order valence-electron chi connectivity index (χ3n) is 4.22. The second-order valence-electron chi connectivity index (χ2n) is 6.09. The number of nitrogens with zero attached hydrogens (tertiary/aromatic N) is 2. The maximum atomic E-state index is 12.3. The molecule has 1 unspecified atom stereocenters. The van der Waals surface area contributed by atoms with Gasteiger partial charge < -0.3 is 10.0 Å². The van der Waals surface area contributed by atoms with Crippen LogP contribution in [0.2, 0.25) is 0 Å². The number of carbonyl (C=O) groups excluding carboxylic acids is 1. The molecule has 0 bridgehead atoms. The Labute approximate surface area is 155 Å². The Bertz CT molecular complexity index is 886. The molecule has 24 heavy (non-hydrogen) atoms. The summed E-state index contributed by atoms with van der Waals surface area (Å²) in [6, 6.07) is 15.5. The predicted octanol–water partition coefficient (Wildman–Crippen LogP) is 4.16. The van der Waals surface area contributed by atoms with Crippen molar-refractivity contribution >= 4 is 39.7 Å². The Morgan fingerprint density at radius 2 is 1.92 bits per heavy atom. The highest BCUT2D eigenvalue weighted by atomic mass is 127. The molecule has 0 aliphatic rings. The molecule has 124 valence electrons. The molecule has 0 fully saturated rings. The minimum Gasteiger partial charge on any atom is -0.508 e. The Balaban J connectivity index is 2.07. The van der Waals surface area contributed by atoms with E-state index in [-0.39, 0.29) is 17.6 Å². The SMILES string of the molecule is CN(C)C(=O)CC(c1cccc(O)c1)c1ccc2ccn(I)c2c1. The lowest BCUT2D eigenvalue weighted by atomic mass is 9.87. The zero-order chi connectivity index (χ0) is 17.3. The normalized spacial score (nSPS) is 12.3. The van der Waals surface area contributed by atoms with Crippen molar-refractivity contribution in [1.29, 1.82) is 0 Å². The van der Waals surface area contributed by atoms with Gasteiger partial charge in [0.25, 0.3) is 0 Å². The maximum Gasteiger partial charge on any atom is 0.223 e. The third kappa shape index (κ3) is 3.40. The number of aromatic hydroxyl groups is 1. The first-order valence-electron chi connectivity index (χ1n) is 7.72. The van der Waals surface area contributed by atoms with Crippen LogP contribution < -0.4 is 0 Å². The highest BCUT2D eigenvalue weighted by Gasteiger charge is 2.20. The fourth-order valence-electron chi connectivity index (χ4n) is 2.86. The van der Waals surface area contributed by atoms with Gasteiger partial charge in [-0.3, -0.25) is 7.58 Å². The molecule has 1 N–H and O–H groups in total. The fourth-order valence-corrected chi connectivity index (χ4v) is 3.43. The van der Waals surface area contributed by atoms with Crippen LogP contribution in [-0.4, -0.2) is 32.8 Å². The van der Waals surface area contributed by atoms with Crippen LogP contribution in [-0.2, 0) is 4.79 Å². The number of halogens is 1. The molecule has 0 radical (unpaired) electrons. The van der Waals surface area contributed by atoms with Crippen molar-refractivity contribution < 1.29 is 9.90 Å². The van der Waals surface area contributed by atoms with Gasteiger partial charge in [0, 0.05) is 38.0 Å². The number of aromatic nitrogens is 1. The summed E-state index contributed by atoms with van der Waals surface area (Å²) in [5.74, 6) is 0.184. The molecule has 1 heterocycles. The number of hydrogen-bond acceptors (Lipinski definition) is 2. The van der Waals surface area contributed by atoms with Crippen molar-refractivity contribution in [2.45, 2.75) is 12.3 Å². The zero-order valence-corrected chi connectivity index (χ0v) is 15.8. The number of amides is 1.